The molecule has 0 unspecified atom stereocenters. The molecule has 146 valence electrons. The number of aromatic nitrogens is 2. The summed E-state index contributed by atoms with van der Waals surface area (Å²) >= 11 is 5.68. The largest absolute Gasteiger partial charge is 0.497 e. The van der Waals surface area contributed by atoms with Crippen LogP contribution in [-0.2, 0) is 11.5 Å². The minimum absolute atomic E-state index is 0.200. The maximum absolute atomic E-state index is 11.9. The van der Waals surface area contributed by atoms with Crippen LogP contribution in [0.15, 0.2) is 36.7 Å². The summed E-state index contributed by atoms with van der Waals surface area (Å²) in [4.78, 5) is 16.4. The number of likely N-dealkylation sites (N-methyl/N-ethyl adjacent to an activating group) is 1. The number of methoxy groups -OCH3 is 1. The maximum atomic E-state index is 11.9. The third kappa shape index (κ3) is 4.77. The van der Waals surface area contributed by atoms with Crippen LogP contribution in [0.3, 0.4) is 0 Å². The first-order valence-electron chi connectivity index (χ1n) is 9.27. The smallest absolute Gasteiger partial charge is 0.277 e. The molecule has 2 aromatic rings. The first kappa shape index (κ1) is 19.6. The van der Waals surface area contributed by atoms with Crippen molar-refractivity contribution in [3.8, 4) is 11.4 Å². The van der Waals surface area contributed by atoms with Gasteiger partial charge in [0.2, 0.25) is 0 Å². The fraction of sp³-hybridized carbons (Fsp3) is 0.474. The molecule has 1 aromatic heterocycles. The van der Waals surface area contributed by atoms with E-state index in [9.17, 15) is 4.79 Å². The van der Waals surface area contributed by atoms with Gasteiger partial charge in [-0.2, -0.15) is 0 Å². The van der Waals surface area contributed by atoms with Crippen molar-refractivity contribution in [2.75, 3.05) is 53.9 Å². The molecule has 1 saturated heterocycles. The molecule has 1 amide bonds. The van der Waals surface area contributed by atoms with Gasteiger partial charge >= 0.3 is 0 Å². The van der Waals surface area contributed by atoms with E-state index >= 15 is 0 Å². The van der Waals surface area contributed by atoms with Crippen molar-refractivity contribution in [2.45, 2.75) is 6.67 Å². The number of hydrogen-bond donors (Lipinski definition) is 2. The van der Waals surface area contributed by atoms with Crippen LogP contribution in [0, 0.1) is 4.77 Å². The average Bonchev–Trinajstić information content (AvgIpc) is 3.03. The molecule has 0 bridgehead atoms. The van der Waals surface area contributed by atoms with Crippen LogP contribution in [0.4, 0.5) is 0 Å². The van der Waals surface area contributed by atoms with Crippen LogP contribution in [0.5, 0.6) is 5.75 Å². The molecule has 0 aliphatic carbocycles. The highest BCUT2D eigenvalue weighted by atomic mass is 32.1. The second-order valence-corrected chi connectivity index (χ2v) is 7.61. The van der Waals surface area contributed by atoms with E-state index in [-0.39, 0.29) is 5.91 Å². The van der Waals surface area contributed by atoms with Crippen LogP contribution < -0.4 is 14.5 Å². The minimum Gasteiger partial charge on any atom is -0.497 e. The van der Waals surface area contributed by atoms with E-state index in [2.05, 4.69) is 4.57 Å². The maximum Gasteiger partial charge on any atom is 0.277 e. The normalized spacial score (nSPS) is 19.7. The second kappa shape index (κ2) is 8.69. The first-order valence-corrected chi connectivity index (χ1v) is 9.68. The summed E-state index contributed by atoms with van der Waals surface area (Å²) in [6.07, 6.45) is 4.05. The lowest BCUT2D eigenvalue weighted by atomic mass is 10.3. The molecule has 7 nitrogen and oxygen atoms in total. The number of rotatable bonds is 6. The molecule has 27 heavy (non-hydrogen) atoms. The van der Waals surface area contributed by atoms with E-state index in [1.54, 1.807) is 12.0 Å². The average molecular weight is 392 g/mol. The van der Waals surface area contributed by atoms with E-state index in [1.807, 2.05) is 55.3 Å². The number of ether oxygens (including phenoxy) is 1. The van der Waals surface area contributed by atoms with Gasteiger partial charge in [-0.05, 0) is 24.4 Å². The third-order valence-electron chi connectivity index (χ3n) is 5.14. The van der Waals surface area contributed by atoms with Crippen LogP contribution in [0.1, 0.15) is 0 Å². The summed E-state index contributed by atoms with van der Waals surface area (Å²) < 4.78 is 10.2. The molecule has 1 aliphatic rings. The summed E-state index contributed by atoms with van der Waals surface area (Å²) in [5, 5.41) is 0. The zero-order valence-electron chi connectivity index (χ0n) is 16.3. The lowest BCUT2D eigenvalue weighted by Gasteiger charge is -2.29. The summed E-state index contributed by atoms with van der Waals surface area (Å²) in [6, 6.07) is 7.91. The van der Waals surface area contributed by atoms with Gasteiger partial charge in [-0.3, -0.25) is 13.9 Å². The van der Waals surface area contributed by atoms with Crippen LogP contribution in [-0.4, -0.2) is 73.9 Å². The molecule has 0 spiro atoms. The SMILES string of the molecule is COc1cccc(-n2ccn(C[NH+]3CC[NH+](CC(=O)N(C)C)CC3)c2=S)c1. The number of nitrogens with one attached hydrogen (secondary N) is 2. The zero-order chi connectivity index (χ0) is 19.4. The van der Waals surface area contributed by atoms with Crippen molar-refractivity contribution in [3.05, 3.63) is 41.4 Å². The monoisotopic (exact) mass is 391 g/mol. The first-order chi connectivity index (χ1) is 13.0. The van der Waals surface area contributed by atoms with Gasteiger partial charge in [-0.15, -0.1) is 0 Å². The van der Waals surface area contributed by atoms with Gasteiger partial charge in [0.15, 0.2) is 18.0 Å². The predicted octanol–water partition coefficient (Wildman–Crippen LogP) is -1.15. The summed E-state index contributed by atoms with van der Waals surface area (Å²) in [5.41, 5.74) is 1.00. The Kier molecular flexibility index (Phi) is 6.30. The van der Waals surface area contributed by atoms with Gasteiger partial charge in [0.05, 0.1) is 12.8 Å². The van der Waals surface area contributed by atoms with Crippen LogP contribution in [0.25, 0.3) is 5.69 Å². The Bertz CT molecular complexity index is 837. The van der Waals surface area contributed by atoms with Crippen molar-refractivity contribution < 1.29 is 19.3 Å². The summed E-state index contributed by atoms with van der Waals surface area (Å²) in [5.74, 6) is 1.02. The lowest BCUT2D eigenvalue weighted by Crippen LogP contribution is -3.28. The number of carbonyl (C=O) groups is 1. The molecule has 0 atom stereocenters. The quantitative estimate of drug-likeness (QED) is 0.612. The van der Waals surface area contributed by atoms with Crippen LogP contribution in [0.2, 0.25) is 0 Å². The number of quaternary nitrogens is 2. The zero-order valence-corrected chi connectivity index (χ0v) is 17.1. The van der Waals surface area contributed by atoms with Crippen molar-refractivity contribution in [2.24, 2.45) is 0 Å². The molecule has 1 aromatic carbocycles. The Morgan fingerprint density at radius 1 is 1.19 bits per heavy atom. The highest BCUT2D eigenvalue weighted by molar-refractivity contribution is 7.71. The number of imidazole rings is 1. The highest BCUT2D eigenvalue weighted by Gasteiger charge is 2.25. The number of benzene rings is 1. The standard InChI is InChI=1S/C19H27N5O2S/c1-20(2)18(25)14-21-7-9-22(10-8-21)15-23-11-12-24(19(23)27)16-5-4-6-17(13-16)26-3/h4-6,11-13H,7-10,14-15H2,1-3H3/p+2. The van der Waals surface area contributed by atoms with Gasteiger partial charge < -0.3 is 19.4 Å². The molecular formula is C19H29N5O2S+2. The van der Waals surface area contributed by atoms with Gasteiger partial charge in [-0.1, -0.05) is 6.07 Å². The van der Waals surface area contributed by atoms with E-state index in [4.69, 9.17) is 17.0 Å². The predicted molar refractivity (Wildman–Crippen MR) is 106 cm³/mol. The Balaban J connectivity index is 1.60. The summed E-state index contributed by atoms with van der Waals surface area (Å²) in [6.45, 7) is 5.55. The number of carbonyl (C=O) groups excluding carboxylic acids is 1. The number of amides is 1. The van der Waals surface area contributed by atoms with E-state index in [0.717, 1.165) is 49.1 Å². The number of nitrogens with zero attached hydrogens (tertiary/aromatic N) is 3. The molecule has 2 N–H and O–H groups in total. The third-order valence-corrected chi connectivity index (χ3v) is 5.57. The van der Waals surface area contributed by atoms with E-state index in [1.165, 1.54) is 9.80 Å². The van der Waals surface area contributed by atoms with Crippen molar-refractivity contribution >= 4 is 18.1 Å². The molecule has 0 saturated carbocycles. The second-order valence-electron chi connectivity index (χ2n) is 7.25. The van der Waals surface area contributed by atoms with Crippen LogP contribution >= 0.6 is 12.2 Å². The number of hydrogen-bond acceptors (Lipinski definition) is 3. The van der Waals surface area contributed by atoms with Gasteiger partial charge in [0.1, 0.15) is 31.9 Å². The minimum atomic E-state index is 0.200. The Morgan fingerprint density at radius 3 is 2.56 bits per heavy atom. The molecule has 2 heterocycles. The van der Waals surface area contributed by atoms with E-state index in [0.29, 0.717) is 6.54 Å². The number of piperazine rings is 1. The molecule has 0 radical (unpaired) electrons. The lowest BCUT2D eigenvalue weighted by molar-refractivity contribution is -1.02. The molecular weight excluding hydrogens is 362 g/mol. The van der Waals surface area contributed by atoms with Crippen molar-refractivity contribution in [1.29, 1.82) is 0 Å². The Labute approximate surface area is 165 Å². The molecule has 1 fully saturated rings. The fourth-order valence-corrected chi connectivity index (χ4v) is 3.69. The molecule has 1 aliphatic heterocycles. The molecule has 3 rings (SSSR count). The topological polar surface area (TPSA) is 48.3 Å². The van der Waals surface area contributed by atoms with Gasteiger partial charge in [0, 0.05) is 32.6 Å². The molecule has 8 heteroatoms. The fourth-order valence-electron chi connectivity index (χ4n) is 3.40. The Hall–Kier alpha value is -2.16. The van der Waals surface area contributed by atoms with Crippen molar-refractivity contribution in [3.63, 3.8) is 0 Å². The van der Waals surface area contributed by atoms with Crippen molar-refractivity contribution in [1.82, 2.24) is 14.0 Å². The highest BCUT2D eigenvalue weighted by Crippen LogP contribution is 2.17. The Morgan fingerprint density at radius 2 is 1.89 bits per heavy atom. The summed E-state index contributed by atoms with van der Waals surface area (Å²) in [7, 11) is 5.30. The van der Waals surface area contributed by atoms with E-state index < -0.39 is 0 Å². The van der Waals surface area contributed by atoms with Gasteiger partial charge in [0.25, 0.3) is 5.91 Å². The van der Waals surface area contributed by atoms with Gasteiger partial charge in [-0.25, -0.2) is 0 Å².